The summed E-state index contributed by atoms with van der Waals surface area (Å²) in [6.07, 6.45) is 2.54. The summed E-state index contributed by atoms with van der Waals surface area (Å²) in [6.45, 7) is 0.937. The molecule has 1 aromatic heterocycles. The Morgan fingerprint density at radius 3 is 2.60 bits per heavy atom. The average Bonchev–Trinajstić information content (AvgIpc) is 2.63. The molecule has 0 spiro atoms. The van der Waals surface area contributed by atoms with Crippen LogP contribution in [0.15, 0.2) is 48.7 Å². The lowest BCUT2D eigenvalue weighted by Crippen LogP contribution is -2.54. The molecule has 0 radical (unpaired) electrons. The molecule has 2 amide bonds. The number of ether oxygens (including phenoxy) is 1. The van der Waals surface area contributed by atoms with E-state index < -0.39 is 5.54 Å². The monoisotopic (exact) mass is 340 g/mol. The highest BCUT2D eigenvalue weighted by molar-refractivity contribution is 6.05. The molecule has 2 heterocycles. The number of nitrogens with two attached hydrogens (primary N) is 1. The minimum Gasteiger partial charge on any atom is -0.381 e. The molecule has 0 aliphatic carbocycles. The van der Waals surface area contributed by atoms with Crippen molar-refractivity contribution < 1.29 is 14.3 Å². The summed E-state index contributed by atoms with van der Waals surface area (Å²) < 4.78 is 5.25. The minimum absolute atomic E-state index is 0.266. The number of hydrogen-bond donors (Lipinski definition) is 3. The van der Waals surface area contributed by atoms with E-state index >= 15 is 0 Å². The van der Waals surface area contributed by atoms with Gasteiger partial charge in [0, 0.05) is 30.7 Å². The lowest BCUT2D eigenvalue weighted by atomic mass is 9.90. The van der Waals surface area contributed by atoms with Gasteiger partial charge >= 0.3 is 0 Å². The first-order valence-electron chi connectivity index (χ1n) is 8.07. The molecule has 7 heteroatoms. The normalized spacial score (nSPS) is 16.0. The maximum Gasteiger partial charge on any atom is 0.256 e. The van der Waals surface area contributed by atoms with Gasteiger partial charge in [-0.1, -0.05) is 12.1 Å². The molecule has 1 fully saturated rings. The highest BCUT2D eigenvalue weighted by atomic mass is 16.5. The number of nitrogens with zero attached hydrogens (tertiary/aromatic N) is 1. The number of aromatic nitrogens is 1. The van der Waals surface area contributed by atoms with Crippen molar-refractivity contribution in [2.45, 2.75) is 18.4 Å². The largest absolute Gasteiger partial charge is 0.381 e. The Kier molecular flexibility index (Phi) is 5.06. The van der Waals surface area contributed by atoms with Gasteiger partial charge < -0.3 is 21.1 Å². The van der Waals surface area contributed by atoms with E-state index in [2.05, 4.69) is 15.6 Å². The summed E-state index contributed by atoms with van der Waals surface area (Å²) in [4.78, 5) is 28.8. The van der Waals surface area contributed by atoms with Crippen LogP contribution in [0.2, 0.25) is 0 Å². The van der Waals surface area contributed by atoms with E-state index in [1.54, 1.807) is 48.7 Å². The Morgan fingerprint density at radius 2 is 1.88 bits per heavy atom. The molecule has 130 valence electrons. The molecule has 1 aliphatic heterocycles. The Labute approximate surface area is 145 Å². The van der Waals surface area contributed by atoms with E-state index in [4.69, 9.17) is 10.5 Å². The van der Waals surface area contributed by atoms with Gasteiger partial charge in [0.15, 0.2) is 0 Å². The van der Waals surface area contributed by atoms with Gasteiger partial charge in [-0.2, -0.15) is 0 Å². The second-order valence-electron chi connectivity index (χ2n) is 5.97. The van der Waals surface area contributed by atoms with Crippen molar-refractivity contribution in [1.82, 2.24) is 4.98 Å². The fraction of sp³-hybridized carbons (Fsp3) is 0.278. The van der Waals surface area contributed by atoms with E-state index in [-0.39, 0.29) is 11.8 Å². The van der Waals surface area contributed by atoms with E-state index in [9.17, 15) is 9.59 Å². The maximum absolute atomic E-state index is 12.5. The van der Waals surface area contributed by atoms with Crippen molar-refractivity contribution in [3.8, 4) is 0 Å². The summed E-state index contributed by atoms with van der Waals surface area (Å²) in [5.41, 5.74) is 6.17. The van der Waals surface area contributed by atoms with Crippen LogP contribution in [0.3, 0.4) is 0 Å². The van der Waals surface area contributed by atoms with Gasteiger partial charge in [-0.25, -0.2) is 4.98 Å². The van der Waals surface area contributed by atoms with Gasteiger partial charge in [-0.3, -0.25) is 9.59 Å². The molecule has 1 saturated heterocycles. The summed E-state index contributed by atoms with van der Waals surface area (Å²) in [5.74, 6) is -0.105. The van der Waals surface area contributed by atoms with Crippen LogP contribution < -0.4 is 16.4 Å². The van der Waals surface area contributed by atoms with Crippen molar-refractivity contribution >= 4 is 23.3 Å². The van der Waals surface area contributed by atoms with Crippen molar-refractivity contribution in [1.29, 1.82) is 0 Å². The van der Waals surface area contributed by atoms with Crippen LogP contribution in [-0.2, 0) is 9.53 Å². The topological polar surface area (TPSA) is 106 Å². The first-order chi connectivity index (χ1) is 12.1. The predicted octanol–water partition coefficient (Wildman–Crippen LogP) is 1.78. The number of anilines is 2. The number of benzene rings is 1. The molecule has 1 aliphatic rings. The summed E-state index contributed by atoms with van der Waals surface area (Å²) in [5, 5.41) is 5.50. The zero-order valence-corrected chi connectivity index (χ0v) is 13.7. The van der Waals surface area contributed by atoms with Gasteiger partial charge in [-0.05, 0) is 43.2 Å². The van der Waals surface area contributed by atoms with Crippen LogP contribution >= 0.6 is 0 Å². The lowest BCUT2D eigenvalue weighted by Gasteiger charge is -2.31. The molecule has 0 bridgehead atoms. The standard InChI is InChI=1S/C18H20N4O3/c19-18(7-10-25-11-8-18)17(24)21-14-5-3-4-13(12-14)16(23)22-15-6-1-2-9-20-15/h1-6,9,12H,7-8,10-11,19H2,(H,21,24)(H,20,22,23). The molecule has 0 unspecified atom stereocenters. The number of carbonyl (C=O) groups is 2. The first kappa shape index (κ1) is 17.1. The molecule has 0 saturated carbocycles. The third kappa shape index (κ3) is 4.20. The zero-order valence-electron chi connectivity index (χ0n) is 13.7. The predicted molar refractivity (Wildman–Crippen MR) is 94.2 cm³/mol. The lowest BCUT2D eigenvalue weighted by molar-refractivity contribution is -0.124. The van der Waals surface area contributed by atoms with E-state index in [0.717, 1.165) is 0 Å². The molecule has 4 N–H and O–H groups in total. The van der Waals surface area contributed by atoms with E-state index in [0.29, 0.717) is 43.1 Å². The van der Waals surface area contributed by atoms with Crippen LogP contribution in [0.1, 0.15) is 23.2 Å². The second-order valence-corrected chi connectivity index (χ2v) is 5.97. The van der Waals surface area contributed by atoms with Crippen molar-refractivity contribution in [2.75, 3.05) is 23.8 Å². The Hall–Kier alpha value is -2.77. The molecule has 0 atom stereocenters. The molecule has 7 nitrogen and oxygen atoms in total. The van der Waals surface area contributed by atoms with Gasteiger partial charge in [0.1, 0.15) is 11.4 Å². The molecular formula is C18H20N4O3. The third-order valence-corrected chi connectivity index (χ3v) is 4.13. The van der Waals surface area contributed by atoms with Crippen molar-refractivity contribution in [3.63, 3.8) is 0 Å². The Balaban J connectivity index is 1.68. The van der Waals surface area contributed by atoms with Gasteiger partial charge in [0.05, 0.1) is 0 Å². The van der Waals surface area contributed by atoms with Gasteiger partial charge in [-0.15, -0.1) is 0 Å². The number of hydrogen-bond acceptors (Lipinski definition) is 5. The Morgan fingerprint density at radius 1 is 1.08 bits per heavy atom. The highest BCUT2D eigenvalue weighted by Gasteiger charge is 2.35. The minimum atomic E-state index is -0.940. The molecule has 3 rings (SSSR count). The van der Waals surface area contributed by atoms with Crippen molar-refractivity contribution in [3.05, 3.63) is 54.2 Å². The summed E-state index contributed by atoms with van der Waals surface area (Å²) >= 11 is 0. The van der Waals surface area contributed by atoms with Gasteiger partial charge in [0.25, 0.3) is 5.91 Å². The fourth-order valence-corrected chi connectivity index (χ4v) is 2.58. The first-order valence-corrected chi connectivity index (χ1v) is 8.07. The number of amides is 2. The highest BCUT2D eigenvalue weighted by Crippen LogP contribution is 2.21. The van der Waals surface area contributed by atoms with E-state index in [1.165, 1.54) is 0 Å². The second kappa shape index (κ2) is 7.42. The average molecular weight is 340 g/mol. The maximum atomic E-state index is 12.5. The molecule has 25 heavy (non-hydrogen) atoms. The smallest absolute Gasteiger partial charge is 0.256 e. The van der Waals surface area contributed by atoms with E-state index in [1.807, 2.05) is 0 Å². The summed E-state index contributed by atoms with van der Waals surface area (Å²) in [6, 6.07) is 12.0. The fourth-order valence-electron chi connectivity index (χ4n) is 2.58. The number of pyridine rings is 1. The van der Waals surface area contributed by atoms with Crippen LogP contribution in [0.25, 0.3) is 0 Å². The summed E-state index contributed by atoms with van der Waals surface area (Å²) in [7, 11) is 0. The molecule has 1 aromatic carbocycles. The zero-order chi connectivity index (χ0) is 17.7. The quantitative estimate of drug-likeness (QED) is 0.786. The van der Waals surface area contributed by atoms with Crippen LogP contribution in [0.5, 0.6) is 0 Å². The molecule has 2 aromatic rings. The molecular weight excluding hydrogens is 320 g/mol. The SMILES string of the molecule is NC1(C(=O)Nc2cccc(C(=O)Nc3ccccn3)c2)CCOCC1. The van der Waals surface area contributed by atoms with Gasteiger partial charge in [0.2, 0.25) is 5.91 Å². The number of rotatable bonds is 4. The van der Waals surface area contributed by atoms with Crippen LogP contribution in [0.4, 0.5) is 11.5 Å². The third-order valence-electron chi connectivity index (χ3n) is 4.13. The number of carbonyl (C=O) groups excluding carboxylic acids is 2. The van der Waals surface area contributed by atoms with Crippen LogP contribution in [0, 0.1) is 0 Å². The van der Waals surface area contributed by atoms with Crippen molar-refractivity contribution in [2.24, 2.45) is 5.73 Å². The Bertz CT molecular complexity index is 758. The van der Waals surface area contributed by atoms with Crippen LogP contribution in [-0.4, -0.2) is 35.6 Å². The number of nitrogens with one attached hydrogen (secondary N) is 2.